The van der Waals surface area contributed by atoms with Gasteiger partial charge in [0.15, 0.2) is 0 Å². The first-order valence-electron chi connectivity index (χ1n) is 6.38. The second-order valence-corrected chi connectivity index (χ2v) is 5.59. The van der Waals surface area contributed by atoms with Crippen LogP contribution in [0.15, 0.2) is 17.5 Å². The Morgan fingerprint density at radius 2 is 2.10 bits per heavy atom. The second kappa shape index (κ2) is 8.25. The first-order chi connectivity index (χ1) is 9.90. The SMILES string of the molecule is CN(Cc1cccs1)C(=O)N[C@H](CCCC(=O)O)C(=O)O. The third kappa shape index (κ3) is 6.26. The van der Waals surface area contributed by atoms with Crippen LogP contribution < -0.4 is 5.32 Å². The number of nitrogens with one attached hydrogen (secondary N) is 1. The van der Waals surface area contributed by atoms with Crippen LogP contribution in [0, 0.1) is 0 Å². The molecule has 8 heteroatoms. The zero-order chi connectivity index (χ0) is 15.8. The molecule has 3 N–H and O–H groups in total. The predicted octanol–water partition coefficient (Wildman–Crippen LogP) is 1.60. The van der Waals surface area contributed by atoms with Gasteiger partial charge in [-0.15, -0.1) is 11.3 Å². The largest absolute Gasteiger partial charge is 0.481 e. The number of rotatable bonds is 8. The summed E-state index contributed by atoms with van der Waals surface area (Å²) in [5.41, 5.74) is 0. The molecule has 1 aromatic heterocycles. The number of nitrogens with zero attached hydrogens (tertiary/aromatic N) is 1. The Bertz CT molecular complexity index is 489. The molecule has 0 aliphatic rings. The number of amides is 2. The van der Waals surface area contributed by atoms with E-state index in [1.807, 2.05) is 17.5 Å². The number of carbonyl (C=O) groups is 3. The van der Waals surface area contributed by atoms with E-state index in [0.717, 1.165) is 4.88 Å². The van der Waals surface area contributed by atoms with E-state index in [4.69, 9.17) is 10.2 Å². The first-order valence-corrected chi connectivity index (χ1v) is 7.26. The van der Waals surface area contributed by atoms with Gasteiger partial charge in [0.2, 0.25) is 0 Å². The van der Waals surface area contributed by atoms with Crippen molar-refractivity contribution in [3.8, 4) is 0 Å². The maximum Gasteiger partial charge on any atom is 0.326 e. The fourth-order valence-corrected chi connectivity index (χ4v) is 2.44. The second-order valence-electron chi connectivity index (χ2n) is 4.56. The number of carbonyl (C=O) groups excluding carboxylic acids is 1. The van der Waals surface area contributed by atoms with Crippen LogP contribution in [0.25, 0.3) is 0 Å². The van der Waals surface area contributed by atoms with Gasteiger partial charge in [-0.1, -0.05) is 6.07 Å². The third-order valence-corrected chi connectivity index (χ3v) is 3.66. The van der Waals surface area contributed by atoms with Crippen molar-refractivity contribution in [2.75, 3.05) is 7.05 Å². The number of thiophene rings is 1. The van der Waals surface area contributed by atoms with E-state index in [1.54, 1.807) is 7.05 Å². The summed E-state index contributed by atoms with van der Waals surface area (Å²) in [7, 11) is 1.57. The van der Waals surface area contributed by atoms with E-state index >= 15 is 0 Å². The highest BCUT2D eigenvalue weighted by Gasteiger charge is 2.21. The zero-order valence-corrected chi connectivity index (χ0v) is 12.4. The van der Waals surface area contributed by atoms with E-state index in [2.05, 4.69) is 5.32 Å². The van der Waals surface area contributed by atoms with Crippen LogP contribution in [0.3, 0.4) is 0 Å². The number of urea groups is 1. The molecule has 0 fully saturated rings. The van der Waals surface area contributed by atoms with Crippen LogP contribution in [0.2, 0.25) is 0 Å². The molecule has 1 aromatic rings. The molecular formula is C13H18N2O5S. The van der Waals surface area contributed by atoms with Crippen LogP contribution >= 0.6 is 11.3 Å². The topological polar surface area (TPSA) is 107 Å². The molecular weight excluding hydrogens is 296 g/mol. The van der Waals surface area contributed by atoms with Crippen LogP contribution in [-0.4, -0.2) is 46.2 Å². The molecule has 0 aromatic carbocycles. The van der Waals surface area contributed by atoms with Crippen molar-refractivity contribution in [3.63, 3.8) is 0 Å². The lowest BCUT2D eigenvalue weighted by molar-refractivity contribution is -0.140. The summed E-state index contributed by atoms with van der Waals surface area (Å²) in [4.78, 5) is 35.8. The quantitative estimate of drug-likeness (QED) is 0.675. The number of hydrogen-bond acceptors (Lipinski definition) is 4. The Morgan fingerprint density at radius 1 is 1.38 bits per heavy atom. The Hall–Kier alpha value is -2.09. The monoisotopic (exact) mass is 314 g/mol. The summed E-state index contributed by atoms with van der Waals surface area (Å²) in [6, 6.07) is 2.18. The molecule has 0 aliphatic heterocycles. The van der Waals surface area contributed by atoms with Crippen molar-refractivity contribution < 1.29 is 24.6 Å². The standard InChI is InChI=1S/C13H18N2O5S/c1-15(8-9-4-3-7-21-9)13(20)14-10(12(18)19)5-2-6-11(16)17/h3-4,7,10H,2,5-6,8H2,1H3,(H,14,20)(H,16,17)(H,18,19)/t10-/m1/s1. The van der Waals surface area contributed by atoms with Gasteiger partial charge in [0, 0.05) is 18.3 Å². The molecule has 0 aliphatic carbocycles. The van der Waals surface area contributed by atoms with Gasteiger partial charge in [-0.2, -0.15) is 0 Å². The van der Waals surface area contributed by atoms with E-state index in [1.165, 1.54) is 16.2 Å². The molecule has 0 saturated carbocycles. The normalized spacial score (nSPS) is 11.7. The minimum Gasteiger partial charge on any atom is -0.481 e. The number of carboxylic acid groups (broad SMARTS) is 2. The summed E-state index contributed by atoms with van der Waals surface area (Å²) in [5, 5.41) is 21.9. The lowest BCUT2D eigenvalue weighted by atomic mass is 10.1. The molecule has 1 heterocycles. The highest BCUT2D eigenvalue weighted by Crippen LogP contribution is 2.11. The molecule has 0 bridgehead atoms. The fourth-order valence-electron chi connectivity index (χ4n) is 1.68. The van der Waals surface area contributed by atoms with Gasteiger partial charge >= 0.3 is 18.0 Å². The lowest BCUT2D eigenvalue weighted by Crippen LogP contribution is -2.46. The van der Waals surface area contributed by atoms with Crippen molar-refractivity contribution in [1.29, 1.82) is 0 Å². The summed E-state index contributed by atoms with van der Waals surface area (Å²) in [6.45, 7) is 0.394. The van der Waals surface area contributed by atoms with E-state index < -0.39 is 24.0 Å². The minimum absolute atomic E-state index is 0.0835. The van der Waals surface area contributed by atoms with E-state index in [0.29, 0.717) is 6.54 Å². The van der Waals surface area contributed by atoms with Crippen LogP contribution in [-0.2, 0) is 16.1 Å². The zero-order valence-electron chi connectivity index (χ0n) is 11.6. The molecule has 0 radical (unpaired) electrons. The van der Waals surface area contributed by atoms with Crippen molar-refractivity contribution >= 4 is 29.3 Å². The Kier molecular flexibility index (Phi) is 6.67. The minimum atomic E-state index is -1.17. The highest BCUT2D eigenvalue weighted by atomic mass is 32.1. The first kappa shape index (κ1) is 17.0. The van der Waals surface area contributed by atoms with Gasteiger partial charge in [0.25, 0.3) is 0 Å². The van der Waals surface area contributed by atoms with Gasteiger partial charge in [-0.3, -0.25) is 4.79 Å². The van der Waals surface area contributed by atoms with Gasteiger partial charge in [0.1, 0.15) is 6.04 Å². The summed E-state index contributed by atoms with van der Waals surface area (Å²) in [5.74, 6) is -2.15. The maximum absolute atomic E-state index is 11.9. The smallest absolute Gasteiger partial charge is 0.326 e. The van der Waals surface area contributed by atoms with Crippen molar-refractivity contribution in [3.05, 3.63) is 22.4 Å². The Balaban J connectivity index is 2.47. The molecule has 1 atom stereocenters. The average molecular weight is 314 g/mol. The van der Waals surface area contributed by atoms with E-state index in [9.17, 15) is 14.4 Å². The van der Waals surface area contributed by atoms with Gasteiger partial charge < -0.3 is 20.4 Å². The third-order valence-electron chi connectivity index (χ3n) is 2.80. The number of carboxylic acids is 2. The number of aliphatic carboxylic acids is 2. The molecule has 2 amide bonds. The fraction of sp³-hybridized carbons (Fsp3) is 0.462. The average Bonchev–Trinajstić information content (AvgIpc) is 2.89. The molecule has 116 valence electrons. The molecule has 1 rings (SSSR count). The van der Waals surface area contributed by atoms with E-state index in [-0.39, 0.29) is 19.3 Å². The molecule has 0 spiro atoms. The molecule has 21 heavy (non-hydrogen) atoms. The molecule has 0 unspecified atom stereocenters. The maximum atomic E-state index is 11.9. The van der Waals surface area contributed by atoms with Gasteiger partial charge in [-0.25, -0.2) is 9.59 Å². The van der Waals surface area contributed by atoms with Crippen molar-refractivity contribution in [2.24, 2.45) is 0 Å². The molecule has 7 nitrogen and oxygen atoms in total. The summed E-state index contributed by atoms with van der Waals surface area (Å²) in [6.07, 6.45) is 0.159. The van der Waals surface area contributed by atoms with Crippen LogP contribution in [0.1, 0.15) is 24.1 Å². The van der Waals surface area contributed by atoms with Gasteiger partial charge in [-0.05, 0) is 24.3 Å². The summed E-state index contributed by atoms with van der Waals surface area (Å²) >= 11 is 1.51. The van der Waals surface area contributed by atoms with Crippen molar-refractivity contribution in [1.82, 2.24) is 10.2 Å². The molecule has 0 saturated heterocycles. The highest BCUT2D eigenvalue weighted by molar-refractivity contribution is 7.09. The van der Waals surface area contributed by atoms with Crippen LogP contribution in [0.4, 0.5) is 4.79 Å². The summed E-state index contributed by atoms with van der Waals surface area (Å²) < 4.78 is 0. The van der Waals surface area contributed by atoms with Gasteiger partial charge in [0.05, 0.1) is 6.54 Å². The number of hydrogen-bond donors (Lipinski definition) is 3. The lowest BCUT2D eigenvalue weighted by Gasteiger charge is -2.20. The Labute approximate surface area is 126 Å². The van der Waals surface area contributed by atoms with Crippen LogP contribution in [0.5, 0.6) is 0 Å². The predicted molar refractivity (Wildman–Crippen MR) is 77.2 cm³/mol. The van der Waals surface area contributed by atoms with Crippen molar-refractivity contribution in [2.45, 2.75) is 31.8 Å². The Morgan fingerprint density at radius 3 is 2.62 bits per heavy atom.